The standard InChI is InChI=1S/C22H18N2O5S2/c1-30(26,27)20-11-7-17(8-12-20)15-31(28,29)21-4-2-3-18(13-21)22(25)24-19-9-5-16(14-23)6-10-19/h2-13H,15H2,1H3,(H,24,25). The fourth-order valence-corrected chi connectivity index (χ4v) is 4.82. The second-order valence-electron chi connectivity index (χ2n) is 6.85. The van der Waals surface area contributed by atoms with Gasteiger partial charge in [0.2, 0.25) is 0 Å². The van der Waals surface area contributed by atoms with E-state index in [2.05, 4.69) is 5.32 Å². The molecule has 158 valence electrons. The number of hydrogen-bond donors (Lipinski definition) is 1. The molecule has 0 aliphatic heterocycles. The number of sulfone groups is 2. The molecule has 0 radical (unpaired) electrons. The van der Waals surface area contributed by atoms with E-state index in [0.717, 1.165) is 6.26 Å². The van der Waals surface area contributed by atoms with Crippen LogP contribution in [0.15, 0.2) is 82.6 Å². The van der Waals surface area contributed by atoms with Crippen LogP contribution in [-0.4, -0.2) is 29.0 Å². The van der Waals surface area contributed by atoms with Crippen molar-refractivity contribution in [2.75, 3.05) is 11.6 Å². The van der Waals surface area contributed by atoms with Crippen molar-refractivity contribution < 1.29 is 21.6 Å². The molecule has 0 bridgehead atoms. The van der Waals surface area contributed by atoms with Crippen molar-refractivity contribution in [2.24, 2.45) is 0 Å². The fraction of sp³-hybridized carbons (Fsp3) is 0.0909. The molecule has 0 aliphatic carbocycles. The summed E-state index contributed by atoms with van der Waals surface area (Å²) in [4.78, 5) is 12.6. The first kappa shape index (κ1) is 22.2. The molecule has 1 N–H and O–H groups in total. The van der Waals surface area contributed by atoms with Crippen molar-refractivity contribution in [2.45, 2.75) is 15.5 Å². The van der Waals surface area contributed by atoms with Gasteiger partial charge in [0.05, 0.1) is 27.2 Å². The lowest BCUT2D eigenvalue weighted by molar-refractivity contribution is 0.102. The predicted octanol–water partition coefficient (Wildman–Crippen LogP) is 3.19. The number of carbonyl (C=O) groups is 1. The maximum atomic E-state index is 12.8. The Morgan fingerprint density at radius 3 is 2.13 bits per heavy atom. The Kier molecular flexibility index (Phi) is 6.24. The number of benzene rings is 3. The number of nitrogens with one attached hydrogen (secondary N) is 1. The molecule has 9 heteroatoms. The molecule has 0 spiro atoms. The zero-order valence-electron chi connectivity index (χ0n) is 16.4. The van der Waals surface area contributed by atoms with Gasteiger partial charge in [-0.1, -0.05) is 18.2 Å². The van der Waals surface area contributed by atoms with Crippen molar-refractivity contribution in [3.63, 3.8) is 0 Å². The van der Waals surface area contributed by atoms with Gasteiger partial charge in [0.15, 0.2) is 19.7 Å². The average molecular weight is 455 g/mol. The van der Waals surface area contributed by atoms with Gasteiger partial charge in [-0.3, -0.25) is 4.79 Å². The van der Waals surface area contributed by atoms with Gasteiger partial charge in [0.25, 0.3) is 5.91 Å². The smallest absolute Gasteiger partial charge is 0.255 e. The molecule has 3 aromatic rings. The Morgan fingerprint density at radius 2 is 1.55 bits per heavy atom. The third-order valence-electron chi connectivity index (χ3n) is 4.44. The van der Waals surface area contributed by atoms with Crippen LogP contribution in [0.1, 0.15) is 21.5 Å². The summed E-state index contributed by atoms with van der Waals surface area (Å²) in [6.45, 7) is 0. The van der Waals surface area contributed by atoms with Crippen molar-refractivity contribution >= 4 is 31.3 Å². The van der Waals surface area contributed by atoms with Crippen molar-refractivity contribution in [3.8, 4) is 6.07 Å². The van der Waals surface area contributed by atoms with Gasteiger partial charge >= 0.3 is 0 Å². The molecule has 1 amide bonds. The minimum Gasteiger partial charge on any atom is -0.322 e. The SMILES string of the molecule is CS(=O)(=O)c1ccc(CS(=O)(=O)c2cccc(C(=O)Nc3ccc(C#N)cc3)c2)cc1. The zero-order chi connectivity index (χ0) is 22.6. The number of nitriles is 1. The monoisotopic (exact) mass is 454 g/mol. The molecule has 0 saturated carbocycles. The summed E-state index contributed by atoms with van der Waals surface area (Å²) in [6.07, 6.45) is 1.08. The molecule has 3 aromatic carbocycles. The summed E-state index contributed by atoms with van der Waals surface area (Å²) in [7, 11) is -7.14. The molecule has 7 nitrogen and oxygen atoms in total. The first-order valence-electron chi connectivity index (χ1n) is 9.02. The Balaban J connectivity index is 1.79. The number of hydrogen-bond acceptors (Lipinski definition) is 6. The fourth-order valence-electron chi connectivity index (χ4n) is 2.80. The summed E-state index contributed by atoms with van der Waals surface area (Å²) >= 11 is 0. The molecular weight excluding hydrogens is 436 g/mol. The van der Waals surface area contributed by atoms with Gasteiger partial charge in [0.1, 0.15) is 0 Å². The highest BCUT2D eigenvalue weighted by Gasteiger charge is 2.18. The second-order valence-corrected chi connectivity index (χ2v) is 10.9. The van der Waals surface area contributed by atoms with Crippen LogP contribution in [-0.2, 0) is 25.4 Å². The largest absolute Gasteiger partial charge is 0.322 e. The number of nitrogens with zero attached hydrogens (tertiary/aromatic N) is 1. The quantitative estimate of drug-likeness (QED) is 0.611. The molecule has 0 heterocycles. The summed E-state index contributed by atoms with van der Waals surface area (Å²) in [5, 5.41) is 11.5. The maximum Gasteiger partial charge on any atom is 0.255 e. The number of rotatable bonds is 6. The van der Waals surface area contributed by atoms with Crippen molar-refractivity contribution in [1.82, 2.24) is 0 Å². The van der Waals surface area contributed by atoms with E-state index in [9.17, 15) is 21.6 Å². The number of amides is 1. The lowest BCUT2D eigenvalue weighted by Crippen LogP contribution is -2.13. The molecule has 0 saturated heterocycles. The minimum absolute atomic E-state index is 0.0211. The van der Waals surface area contributed by atoms with Crippen LogP contribution in [0.25, 0.3) is 0 Å². The van der Waals surface area contributed by atoms with E-state index in [1.54, 1.807) is 24.3 Å². The van der Waals surface area contributed by atoms with Gasteiger partial charge in [0, 0.05) is 17.5 Å². The van der Waals surface area contributed by atoms with Crippen molar-refractivity contribution in [1.29, 1.82) is 5.26 Å². The third-order valence-corrected chi connectivity index (χ3v) is 7.25. The highest BCUT2D eigenvalue weighted by molar-refractivity contribution is 7.91. The minimum atomic E-state index is -3.77. The molecule has 0 unspecified atom stereocenters. The van der Waals surface area contributed by atoms with Gasteiger partial charge in [-0.25, -0.2) is 16.8 Å². The van der Waals surface area contributed by atoms with Gasteiger partial charge < -0.3 is 5.32 Å². The van der Waals surface area contributed by atoms with Crippen LogP contribution in [0.4, 0.5) is 5.69 Å². The summed E-state index contributed by atoms with van der Waals surface area (Å²) in [5.74, 6) is -0.822. The van der Waals surface area contributed by atoms with Crippen LogP contribution in [0, 0.1) is 11.3 Å². The van der Waals surface area contributed by atoms with E-state index in [4.69, 9.17) is 5.26 Å². The van der Waals surface area contributed by atoms with Crippen LogP contribution in [0.5, 0.6) is 0 Å². The van der Waals surface area contributed by atoms with Gasteiger partial charge in [-0.05, 0) is 60.2 Å². The summed E-state index contributed by atoms with van der Waals surface area (Å²) in [5.41, 5.74) is 1.52. The Labute approximate surface area is 180 Å². The van der Waals surface area contributed by atoms with Crippen molar-refractivity contribution in [3.05, 3.63) is 89.5 Å². The molecule has 0 aromatic heterocycles. The lowest BCUT2D eigenvalue weighted by atomic mass is 10.2. The number of carbonyl (C=O) groups excluding carboxylic acids is 1. The molecule has 0 aliphatic rings. The van der Waals surface area contributed by atoms with Crippen LogP contribution < -0.4 is 5.32 Å². The zero-order valence-corrected chi connectivity index (χ0v) is 18.1. The second kappa shape index (κ2) is 8.71. The summed E-state index contributed by atoms with van der Waals surface area (Å²) in [6, 6.07) is 19.6. The van der Waals surface area contributed by atoms with Gasteiger partial charge in [-0.15, -0.1) is 0 Å². The Hall–Kier alpha value is -3.48. The van der Waals surface area contributed by atoms with Crippen LogP contribution >= 0.6 is 0 Å². The third kappa shape index (κ3) is 5.57. The Bertz CT molecular complexity index is 1370. The van der Waals surface area contributed by atoms with E-state index in [1.807, 2.05) is 6.07 Å². The molecule has 31 heavy (non-hydrogen) atoms. The number of anilines is 1. The van der Waals surface area contributed by atoms with E-state index in [0.29, 0.717) is 16.8 Å². The van der Waals surface area contributed by atoms with E-state index < -0.39 is 25.6 Å². The lowest BCUT2D eigenvalue weighted by Gasteiger charge is -2.09. The van der Waals surface area contributed by atoms with Gasteiger partial charge in [-0.2, -0.15) is 5.26 Å². The molecular formula is C22H18N2O5S2. The van der Waals surface area contributed by atoms with E-state index in [-0.39, 0.29) is 21.1 Å². The summed E-state index contributed by atoms with van der Waals surface area (Å²) < 4.78 is 48.7. The first-order chi connectivity index (χ1) is 14.6. The van der Waals surface area contributed by atoms with E-state index in [1.165, 1.54) is 48.5 Å². The normalized spacial score (nSPS) is 11.5. The highest BCUT2D eigenvalue weighted by Crippen LogP contribution is 2.20. The molecule has 0 fully saturated rings. The van der Waals surface area contributed by atoms with E-state index >= 15 is 0 Å². The molecule has 3 rings (SSSR count). The Morgan fingerprint density at radius 1 is 0.903 bits per heavy atom. The van der Waals surface area contributed by atoms with Crippen LogP contribution in [0.3, 0.4) is 0 Å². The maximum absolute atomic E-state index is 12.8. The topological polar surface area (TPSA) is 121 Å². The first-order valence-corrected chi connectivity index (χ1v) is 12.6. The predicted molar refractivity (Wildman–Crippen MR) is 116 cm³/mol. The average Bonchev–Trinajstić information content (AvgIpc) is 2.74. The van der Waals surface area contributed by atoms with Crippen LogP contribution in [0.2, 0.25) is 0 Å². The molecule has 0 atom stereocenters. The highest BCUT2D eigenvalue weighted by atomic mass is 32.2.